The molecule has 328 valence electrons. The summed E-state index contributed by atoms with van der Waals surface area (Å²) in [5, 5.41) is 10.3. The molecule has 5 rings (SSSR count). The van der Waals surface area contributed by atoms with E-state index in [9.17, 15) is 19.2 Å². The Labute approximate surface area is 351 Å². The molecule has 18 nitrogen and oxygen atoms in total. The number of aromatic nitrogens is 4. The molecule has 2 aromatic heterocycles. The number of nitrogens with one attached hydrogen (secondary N) is 6. The fourth-order valence-electron chi connectivity index (χ4n) is 5.36. The van der Waals surface area contributed by atoms with Crippen LogP contribution in [0.4, 0.5) is 9.59 Å². The molecule has 1 atom stereocenters. The van der Waals surface area contributed by atoms with Crippen molar-refractivity contribution in [2.75, 3.05) is 60.3 Å². The van der Waals surface area contributed by atoms with E-state index in [1.807, 2.05) is 64.1 Å². The first kappa shape index (κ1) is 48.2. The van der Waals surface area contributed by atoms with Crippen LogP contribution in [0.15, 0.2) is 48.8 Å². The van der Waals surface area contributed by atoms with Crippen molar-refractivity contribution < 1.29 is 47.6 Å². The molecule has 6 N–H and O–H groups in total. The van der Waals surface area contributed by atoms with Gasteiger partial charge in [-0.05, 0) is 42.3 Å². The molecule has 18 heteroatoms. The van der Waals surface area contributed by atoms with E-state index >= 15 is 0 Å². The number of carbonyl (C=O) groups excluding carboxylic acids is 4. The van der Waals surface area contributed by atoms with Crippen molar-refractivity contribution in [3.8, 4) is 45.5 Å². The fourth-order valence-corrected chi connectivity index (χ4v) is 5.36. The van der Waals surface area contributed by atoms with Gasteiger partial charge in [0.15, 0.2) is 23.0 Å². The summed E-state index contributed by atoms with van der Waals surface area (Å²) in [6, 6.07) is 10.6. The number of hydrogen-bond donors (Lipinski definition) is 6. The number of ether oxygens (including phenoxy) is 6. The van der Waals surface area contributed by atoms with E-state index in [0.29, 0.717) is 75.4 Å². The van der Waals surface area contributed by atoms with Gasteiger partial charge in [0, 0.05) is 37.1 Å². The number of amides is 4. The van der Waals surface area contributed by atoms with Crippen LogP contribution in [0.2, 0.25) is 0 Å². The highest BCUT2D eigenvalue weighted by Gasteiger charge is 2.24. The Hall–Kier alpha value is -6.14. The van der Waals surface area contributed by atoms with Crippen LogP contribution < -0.4 is 30.7 Å². The first-order valence-electron chi connectivity index (χ1n) is 20.1. The molecular weight excluding hydrogens is 777 g/mol. The van der Waals surface area contributed by atoms with E-state index in [1.54, 1.807) is 12.4 Å². The number of carbonyl (C=O) groups is 4. The molecule has 0 saturated heterocycles. The Balaban J connectivity index is 0.00000184. The SMILES string of the molecule is CC.CCC.COC(=O)NCC(=O)NCCOCCc1ncc(-c2ccc3c(c2)Oc2ccc(-c4cnc(CCOCCNC(=O)C(NC(=O)OC)C(C)C)[nH]4)cc2O3)[nH]1. The first-order chi connectivity index (χ1) is 29.0. The third-order valence-electron chi connectivity index (χ3n) is 8.27. The summed E-state index contributed by atoms with van der Waals surface area (Å²) < 4.78 is 32.7. The van der Waals surface area contributed by atoms with Gasteiger partial charge in [-0.2, -0.15) is 0 Å². The number of nitrogens with zero attached hydrogens (tertiary/aromatic N) is 2. The summed E-state index contributed by atoms with van der Waals surface area (Å²) in [6.07, 6.45) is 4.51. The second-order valence-electron chi connectivity index (χ2n) is 13.3. The van der Waals surface area contributed by atoms with Crippen molar-refractivity contribution in [2.45, 2.75) is 66.8 Å². The number of benzene rings is 2. The van der Waals surface area contributed by atoms with Gasteiger partial charge in [-0.1, -0.05) is 48.0 Å². The molecule has 2 aromatic carbocycles. The average Bonchev–Trinajstić information content (AvgIpc) is 3.94. The molecule has 0 saturated carbocycles. The largest absolute Gasteiger partial charge is 0.453 e. The van der Waals surface area contributed by atoms with E-state index in [4.69, 9.17) is 18.9 Å². The van der Waals surface area contributed by atoms with Crippen LogP contribution in [0.25, 0.3) is 22.5 Å². The monoisotopic (exact) mass is 836 g/mol. The number of rotatable bonds is 19. The number of hydrogen-bond acceptors (Lipinski definition) is 12. The molecule has 1 unspecified atom stereocenters. The van der Waals surface area contributed by atoms with Crippen molar-refractivity contribution in [2.24, 2.45) is 5.92 Å². The van der Waals surface area contributed by atoms with Gasteiger partial charge in [-0.3, -0.25) is 9.59 Å². The predicted molar refractivity (Wildman–Crippen MR) is 225 cm³/mol. The lowest BCUT2D eigenvalue weighted by atomic mass is 10.0. The fraction of sp³-hybridized carbons (Fsp3) is 0.476. The van der Waals surface area contributed by atoms with Gasteiger partial charge in [0.05, 0.1) is 71.0 Å². The number of alkyl carbamates (subject to hydrolysis) is 2. The third-order valence-corrected chi connectivity index (χ3v) is 8.27. The number of imidazole rings is 2. The van der Waals surface area contributed by atoms with Gasteiger partial charge < -0.3 is 59.7 Å². The second-order valence-corrected chi connectivity index (χ2v) is 13.3. The summed E-state index contributed by atoms with van der Waals surface area (Å²) in [5.41, 5.74) is 3.36. The Kier molecular flexibility index (Phi) is 20.9. The van der Waals surface area contributed by atoms with Gasteiger partial charge in [0.2, 0.25) is 11.8 Å². The second kappa shape index (κ2) is 26.1. The first-order valence-corrected chi connectivity index (χ1v) is 20.1. The number of fused-ring (bicyclic) bond motifs is 2. The van der Waals surface area contributed by atoms with E-state index in [2.05, 4.69) is 64.5 Å². The van der Waals surface area contributed by atoms with Crippen molar-refractivity contribution >= 4 is 24.0 Å². The summed E-state index contributed by atoms with van der Waals surface area (Å²) in [6.45, 7) is 13.8. The lowest BCUT2D eigenvalue weighted by Crippen LogP contribution is -2.50. The van der Waals surface area contributed by atoms with Gasteiger partial charge in [-0.15, -0.1) is 0 Å². The summed E-state index contributed by atoms with van der Waals surface area (Å²) in [4.78, 5) is 62.2. The van der Waals surface area contributed by atoms with Crippen LogP contribution in [-0.2, 0) is 41.4 Å². The molecule has 0 fully saturated rings. The highest BCUT2D eigenvalue weighted by atomic mass is 16.6. The van der Waals surface area contributed by atoms with E-state index in [0.717, 1.165) is 34.2 Å². The smallest absolute Gasteiger partial charge is 0.407 e. The molecule has 0 aliphatic carbocycles. The highest BCUT2D eigenvalue weighted by molar-refractivity contribution is 5.85. The summed E-state index contributed by atoms with van der Waals surface area (Å²) >= 11 is 0. The topological polar surface area (TPSA) is 229 Å². The van der Waals surface area contributed by atoms with E-state index < -0.39 is 18.2 Å². The maximum atomic E-state index is 12.4. The molecular formula is C42H60N8O10. The quantitative estimate of drug-likeness (QED) is 0.0535. The molecule has 3 heterocycles. The zero-order valence-corrected chi connectivity index (χ0v) is 35.8. The average molecular weight is 837 g/mol. The number of aromatic amines is 2. The van der Waals surface area contributed by atoms with E-state index in [-0.39, 0.29) is 24.3 Å². The zero-order chi connectivity index (χ0) is 43.9. The maximum absolute atomic E-state index is 12.4. The highest BCUT2D eigenvalue weighted by Crippen LogP contribution is 2.47. The van der Waals surface area contributed by atoms with Crippen LogP contribution in [0, 0.1) is 5.92 Å². The lowest BCUT2D eigenvalue weighted by Gasteiger charge is -2.21. The van der Waals surface area contributed by atoms with Crippen molar-refractivity contribution in [3.05, 3.63) is 60.4 Å². The molecule has 4 aromatic rings. The van der Waals surface area contributed by atoms with Crippen LogP contribution >= 0.6 is 0 Å². The predicted octanol–water partition coefficient (Wildman–Crippen LogP) is 5.89. The van der Waals surface area contributed by atoms with Crippen LogP contribution in [0.3, 0.4) is 0 Å². The van der Waals surface area contributed by atoms with Crippen molar-refractivity contribution in [1.82, 2.24) is 41.2 Å². The Morgan fingerprint density at radius 1 is 0.683 bits per heavy atom. The standard InChI is InChI=1S/C37H46N8O10.C3H8.C2H6/c1-22(2)34(45-37(49)51-4)35(47)39-12-16-53-14-10-32-41-20-26(44-32)24-6-8-28-30(18-24)55-27-7-5-23(17-29(27)54-28)25-19-40-31(43-25)9-13-52-15-11-38-33(46)21-42-36(48)50-3;1-3-2;1-2/h5-8,17-20,22,34H,9-16,21H2,1-4H3,(H,38,46)(H,39,47)(H,40,43)(H,41,44)(H,42,48)(H,45,49);3H2,1-2H3;1-2H3. The van der Waals surface area contributed by atoms with Gasteiger partial charge in [-0.25, -0.2) is 19.6 Å². The van der Waals surface area contributed by atoms with Crippen molar-refractivity contribution in [3.63, 3.8) is 0 Å². The normalized spacial score (nSPS) is 11.4. The summed E-state index contributed by atoms with van der Waals surface area (Å²) in [5.74, 6) is 3.04. The Morgan fingerprint density at radius 3 is 1.63 bits per heavy atom. The summed E-state index contributed by atoms with van der Waals surface area (Å²) in [7, 11) is 2.48. The lowest BCUT2D eigenvalue weighted by molar-refractivity contribution is -0.124. The van der Waals surface area contributed by atoms with Crippen LogP contribution in [0.5, 0.6) is 23.0 Å². The Bertz CT molecular complexity index is 1950. The van der Waals surface area contributed by atoms with Gasteiger partial charge in [0.25, 0.3) is 0 Å². The van der Waals surface area contributed by atoms with Gasteiger partial charge >= 0.3 is 12.2 Å². The van der Waals surface area contributed by atoms with Crippen molar-refractivity contribution in [1.29, 1.82) is 0 Å². The molecule has 1 aliphatic rings. The molecule has 1 aliphatic heterocycles. The minimum absolute atomic E-state index is 0.109. The minimum Gasteiger partial charge on any atom is -0.453 e. The van der Waals surface area contributed by atoms with Crippen LogP contribution in [-0.4, -0.2) is 110 Å². The maximum Gasteiger partial charge on any atom is 0.407 e. The molecule has 0 spiro atoms. The minimum atomic E-state index is -0.702. The molecule has 60 heavy (non-hydrogen) atoms. The molecule has 0 bridgehead atoms. The van der Waals surface area contributed by atoms with Gasteiger partial charge in [0.1, 0.15) is 17.7 Å². The molecule has 0 radical (unpaired) electrons. The molecule has 4 amide bonds. The number of methoxy groups -OCH3 is 2. The Morgan fingerprint density at radius 2 is 1.17 bits per heavy atom. The number of H-pyrrole nitrogens is 2. The van der Waals surface area contributed by atoms with Crippen LogP contribution in [0.1, 0.15) is 59.6 Å². The third kappa shape index (κ3) is 15.6. The zero-order valence-electron chi connectivity index (χ0n) is 35.8. The van der Waals surface area contributed by atoms with E-state index in [1.165, 1.54) is 20.6 Å².